The lowest BCUT2D eigenvalue weighted by Gasteiger charge is -2.15. The number of amides is 1. The van der Waals surface area contributed by atoms with Crippen LogP contribution in [0.3, 0.4) is 0 Å². The molecule has 1 N–H and O–H groups in total. The van der Waals surface area contributed by atoms with E-state index in [0.717, 1.165) is 24.3 Å². The van der Waals surface area contributed by atoms with Gasteiger partial charge >= 0.3 is 6.18 Å². The fourth-order valence-corrected chi connectivity index (χ4v) is 1.76. The number of hydrogen-bond acceptors (Lipinski definition) is 2. The van der Waals surface area contributed by atoms with Gasteiger partial charge in [-0.2, -0.15) is 13.2 Å². The normalized spacial score (nSPS) is 12.6. The Morgan fingerprint density at radius 2 is 1.61 bits per heavy atom. The van der Waals surface area contributed by atoms with Gasteiger partial charge in [-0.1, -0.05) is 0 Å². The largest absolute Gasteiger partial charge is 0.481 e. The minimum absolute atomic E-state index is 0.220. The Labute approximate surface area is 129 Å². The Kier molecular flexibility index (Phi) is 4.88. The van der Waals surface area contributed by atoms with Gasteiger partial charge in [0.1, 0.15) is 11.6 Å². The van der Waals surface area contributed by atoms with Crippen molar-refractivity contribution in [2.24, 2.45) is 0 Å². The molecule has 2 aromatic carbocycles. The molecule has 0 aliphatic rings. The SMILES string of the molecule is C[C@@H](Oc1ccc(F)cc1)C(=O)Nc1ccc(C(F)(F)F)cc1. The van der Waals surface area contributed by atoms with Crippen LogP contribution < -0.4 is 10.1 Å². The summed E-state index contributed by atoms with van der Waals surface area (Å²) in [6.07, 6.45) is -5.33. The van der Waals surface area contributed by atoms with Crippen LogP contribution in [0, 0.1) is 5.82 Å². The molecule has 3 nitrogen and oxygen atoms in total. The van der Waals surface area contributed by atoms with Gasteiger partial charge in [0.15, 0.2) is 6.10 Å². The summed E-state index contributed by atoms with van der Waals surface area (Å²) in [7, 11) is 0. The minimum atomic E-state index is -4.43. The summed E-state index contributed by atoms with van der Waals surface area (Å²) in [4.78, 5) is 11.9. The minimum Gasteiger partial charge on any atom is -0.481 e. The zero-order valence-corrected chi connectivity index (χ0v) is 12.0. The Morgan fingerprint density at radius 1 is 1.04 bits per heavy atom. The number of ether oxygens (including phenoxy) is 1. The van der Waals surface area contributed by atoms with Crippen molar-refractivity contribution in [3.63, 3.8) is 0 Å². The molecule has 1 amide bonds. The molecule has 0 unspecified atom stereocenters. The fourth-order valence-electron chi connectivity index (χ4n) is 1.76. The molecule has 0 radical (unpaired) electrons. The van der Waals surface area contributed by atoms with Gasteiger partial charge in [-0.25, -0.2) is 4.39 Å². The first-order chi connectivity index (χ1) is 10.8. The summed E-state index contributed by atoms with van der Waals surface area (Å²) in [5, 5.41) is 2.45. The standard InChI is InChI=1S/C16H13F4NO2/c1-10(23-14-8-4-12(17)5-9-14)15(22)21-13-6-2-11(3-7-13)16(18,19)20/h2-10H,1H3,(H,21,22)/t10-/m1/s1. The molecule has 2 aromatic rings. The second-order valence-corrected chi connectivity index (χ2v) is 4.78. The van der Waals surface area contributed by atoms with E-state index in [0.29, 0.717) is 5.75 Å². The highest BCUT2D eigenvalue weighted by molar-refractivity contribution is 5.94. The average Bonchev–Trinajstić information content (AvgIpc) is 2.49. The highest BCUT2D eigenvalue weighted by Gasteiger charge is 2.30. The highest BCUT2D eigenvalue weighted by atomic mass is 19.4. The van der Waals surface area contributed by atoms with E-state index in [1.807, 2.05) is 0 Å². The number of carbonyl (C=O) groups is 1. The summed E-state index contributed by atoms with van der Waals surface area (Å²) >= 11 is 0. The molecule has 0 bridgehead atoms. The molecule has 0 saturated heterocycles. The molecule has 0 heterocycles. The maximum Gasteiger partial charge on any atom is 0.416 e. The van der Waals surface area contributed by atoms with Crippen LogP contribution in [0.4, 0.5) is 23.2 Å². The first-order valence-electron chi connectivity index (χ1n) is 6.66. The number of carbonyl (C=O) groups excluding carboxylic acids is 1. The summed E-state index contributed by atoms with van der Waals surface area (Å²) < 4.78 is 55.4. The van der Waals surface area contributed by atoms with Gasteiger partial charge < -0.3 is 10.1 Å². The predicted octanol–water partition coefficient (Wildman–Crippen LogP) is 4.25. The summed E-state index contributed by atoms with van der Waals surface area (Å²) in [5.74, 6) is -0.658. The van der Waals surface area contributed by atoms with E-state index in [1.54, 1.807) is 0 Å². The van der Waals surface area contributed by atoms with Gasteiger partial charge in [0.25, 0.3) is 5.91 Å². The molecule has 0 aromatic heterocycles. The van der Waals surface area contributed by atoms with E-state index in [4.69, 9.17) is 4.74 Å². The van der Waals surface area contributed by atoms with Crippen molar-refractivity contribution in [2.45, 2.75) is 19.2 Å². The number of alkyl halides is 3. The van der Waals surface area contributed by atoms with Crippen molar-refractivity contribution in [1.82, 2.24) is 0 Å². The van der Waals surface area contributed by atoms with Crippen LogP contribution in [0.2, 0.25) is 0 Å². The average molecular weight is 327 g/mol. The van der Waals surface area contributed by atoms with Crippen molar-refractivity contribution in [1.29, 1.82) is 0 Å². The third kappa shape index (κ3) is 4.70. The van der Waals surface area contributed by atoms with E-state index in [1.165, 1.54) is 31.2 Å². The van der Waals surface area contributed by atoms with Gasteiger partial charge in [0.2, 0.25) is 0 Å². The lowest BCUT2D eigenvalue weighted by atomic mass is 10.2. The maximum absolute atomic E-state index is 12.8. The van der Waals surface area contributed by atoms with Crippen LogP contribution in [0.15, 0.2) is 48.5 Å². The number of benzene rings is 2. The molecule has 1 atom stereocenters. The maximum atomic E-state index is 12.8. The Balaban J connectivity index is 1.96. The second-order valence-electron chi connectivity index (χ2n) is 4.78. The molecular formula is C16H13F4NO2. The van der Waals surface area contributed by atoms with E-state index in [9.17, 15) is 22.4 Å². The molecule has 122 valence electrons. The monoisotopic (exact) mass is 327 g/mol. The van der Waals surface area contributed by atoms with Gasteiger partial charge in [0, 0.05) is 5.69 Å². The smallest absolute Gasteiger partial charge is 0.416 e. The molecule has 0 saturated carbocycles. The first-order valence-corrected chi connectivity index (χ1v) is 6.66. The molecule has 0 aliphatic carbocycles. The Hall–Kier alpha value is -2.57. The van der Waals surface area contributed by atoms with Crippen molar-refractivity contribution < 1.29 is 27.1 Å². The number of hydrogen-bond donors (Lipinski definition) is 1. The van der Waals surface area contributed by atoms with Crippen LogP contribution in [-0.2, 0) is 11.0 Å². The molecular weight excluding hydrogens is 314 g/mol. The van der Waals surface area contributed by atoms with E-state index in [2.05, 4.69) is 5.32 Å². The lowest BCUT2D eigenvalue weighted by molar-refractivity contribution is -0.137. The van der Waals surface area contributed by atoms with Crippen LogP contribution in [0.25, 0.3) is 0 Å². The second kappa shape index (κ2) is 6.68. The zero-order chi connectivity index (χ0) is 17.0. The number of anilines is 1. The van der Waals surface area contributed by atoms with Crippen LogP contribution in [-0.4, -0.2) is 12.0 Å². The van der Waals surface area contributed by atoms with E-state index >= 15 is 0 Å². The van der Waals surface area contributed by atoms with Gasteiger partial charge in [-0.05, 0) is 55.5 Å². The van der Waals surface area contributed by atoms with Crippen molar-refractivity contribution in [2.75, 3.05) is 5.32 Å². The lowest BCUT2D eigenvalue weighted by Crippen LogP contribution is -2.30. The van der Waals surface area contributed by atoms with Gasteiger partial charge in [-0.3, -0.25) is 4.79 Å². The first kappa shape index (κ1) is 16.8. The number of nitrogens with one attached hydrogen (secondary N) is 1. The van der Waals surface area contributed by atoms with Crippen LogP contribution in [0.5, 0.6) is 5.75 Å². The molecule has 7 heteroatoms. The fraction of sp³-hybridized carbons (Fsp3) is 0.188. The zero-order valence-electron chi connectivity index (χ0n) is 12.0. The summed E-state index contributed by atoms with van der Waals surface area (Å²) in [6.45, 7) is 1.47. The number of halogens is 4. The topological polar surface area (TPSA) is 38.3 Å². The quantitative estimate of drug-likeness (QED) is 0.853. The Morgan fingerprint density at radius 3 is 2.13 bits per heavy atom. The third-order valence-corrected chi connectivity index (χ3v) is 2.98. The molecule has 2 rings (SSSR count). The highest BCUT2D eigenvalue weighted by Crippen LogP contribution is 2.29. The third-order valence-electron chi connectivity index (χ3n) is 2.98. The van der Waals surface area contributed by atoms with Crippen molar-refractivity contribution in [3.8, 4) is 5.75 Å². The van der Waals surface area contributed by atoms with E-state index < -0.39 is 29.6 Å². The van der Waals surface area contributed by atoms with Gasteiger partial charge in [-0.15, -0.1) is 0 Å². The van der Waals surface area contributed by atoms with Crippen molar-refractivity contribution in [3.05, 3.63) is 59.9 Å². The number of rotatable bonds is 4. The van der Waals surface area contributed by atoms with Crippen LogP contribution >= 0.6 is 0 Å². The molecule has 23 heavy (non-hydrogen) atoms. The van der Waals surface area contributed by atoms with Crippen molar-refractivity contribution >= 4 is 11.6 Å². The van der Waals surface area contributed by atoms with Crippen LogP contribution in [0.1, 0.15) is 12.5 Å². The summed E-state index contributed by atoms with van der Waals surface area (Å²) in [5.41, 5.74) is -0.580. The molecule has 0 spiro atoms. The van der Waals surface area contributed by atoms with Gasteiger partial charge in [0.05, 0.1) is 5.56 Å². The molecule has 0 aliphatic heterocycles. The summed E-state index contributed by atoms with van der Waals surface area (Å²) in [6, 6.07) is 9.19. The molecule has 0 fully saturated rings. The predicted molar refractivity (Wildman–Crippen MR) is 76.6 cm³/mol. The Bertz CT molecular complexity index is 666. The van der Waals surface area contributed by atoms with E-state index in [-0.39, 0.29) is 5.69 Å².